The van der Waals surface area contributed by atoms with Gasteiger partial charge in [-0.25, -0.2) is 4.79 Å². The second kappa shape index (κ2) is 42.0. The Balaban J connectivity index is 0.000000279. The van der Waals surface area contributed by atoms with Gasteiger partial charge in [-0.2, -0.15) is 0 Å². The molecule has 0 bridgehead atoms. The second-order valence-electron chi connectivity index (χ2n) is 27.4. The lowest BCUT2D eigenvalue weighted by Gasteiger charge is -2.24. The number of methoxy groups -OCH3 is 2. The van der Waals surface area contributed by atoms with E-state index in [1.54, 1.807) is 26.4 Å². The molecule has 0 aliphatic heterocycles. The van der Waals surface area contributed by atoms with E-state index in [-0.39, 0.29) is 80.6 Å². The minimum Gasteiger partial charge on any atom is -0.508 e. The average molecular weight is 1470 g/mol. The van der Waals surface area contributed by atoms with Crippen LogP contribution in [0.1, 0.15) is 116 Å². The van der Waals surface area contributed by atoms with Crippen LogP contribution in [0.5, 0.6) is 17.2 Å². The van der Waals surface area contributed by atoms with Gasteiger partial charge in [-0.05, 0) is 162 Å². The molecule has 9 aromatic carbocycles. The van der Waals surface area contributed by atoms with Crippen LogP contribution in [0.3, 0.4) is 0 Å². The molecule has 0 aliphatic rings. The number of nitrogens with one attached hydrogen (secondary N) is 5. The number of rotatable bonds is 40. The third-order valence-electron chi connectivity index (χ3n) is 19.3. The third kappa shape index (κ3) is 25.9. The maximum Gasteiger partial charge on any atom is 0.326 e. The number of carboxylic acid groups (broad SMARTS) is 2. The molecule has 0 unspecified atom stereocenters. The van der Waals surface area contributed by atoms with E-state index in [1.807, 2.05) is 208 Å². The summed E-state index contributed by atoms with van der Waals surface area (Å²) in [6, 6.07) is 61.4. The molecule has 566 valence electrons. The lowest BCUT2D eigenvalue weighted by atomic mass is 9.90. The maximum absolute atomic E-state index is 14.2. The maximum atomic E-state index is 14.2. The number of Topliss-reactive ketones (excluding diaryl/α,β-unsaturated/α-hetero) is 2. The number of carboxylic acids is 2. The predicted molar refractivity (Wildman–Crippen MR) is 417 cm³/mol. The van der Waals surface area contributed by atoms with Crippen LogP contribution in [-0.4, -0.2) is 126 Å². The third-order valence-corrected chi connectivity index (χ3v) is 19.3. The van der Waals surface area contributed by atoms with E-state index in [0.29, 0.717) is 50.8 Å². The predicted octanol–water partition coefficient (Wildman–Crippen LogP) is 10.8. The van der Waals surface area contributed by atoms with Crippen molar-refractivity contribution in [2.24, 2.45) is 23.3 Å². The number of aliphatic carboxylic acids is 2. The molecule has 21 nitrogen and oxygen atoms in total. The van der Waals surface area contributed by atoms with Crippen molar-refractivity contribution in [2.45, 2.75) is 139 Å². The van der Waals surface area contributed by atoms with Crippen molar-refractivity contribution < 1.29 is 67.9 Å². The Bertz CT molecular complexity index is 4450. The Morgan fingerprint density at radius 3 is 1.10 bits per heavy atom. The summed E-state index contributed by atoms with van der Waals surface area (Å²) in [7, 11) is 3.24. The van der Waals surface area contributed by atoms with Crippen molar-refractivity contribution in [1.29, 1.82) is 0 Å². The molecule has 12 N–H and O–H groups in total. The van der Waals surface area contributed by atoms with Gasteiger partial charge in [0.05, 0.1) is 56.1 Å². The highest BCUT2D eigenvalue weighted by molar-refractivity contribution is 5.96. The SMILES string of the molecule is COc1ccc2cc([C@H](C)C(=O)NCCCC[C@@H](CC(=O)[C@@H](Cc3ccccc3)NC(=O)[C@H](N)Cc3ccccc3)C(=O)N[C@H](Cc3ccc(O)cc3)C(=O)O)ccc2c1.COc1ccc2cc([C@H](C)C(=O)NCCCC[C@@H](CC(=O)[C@@H](Cc3ccccc3)NC(=O)[C@H](N)Cc3ccccc3)C(=O)O)ccc2c1. The van der Waals surface area contributed by atoms with Crippen molar-refractivity contribution in [3.8, 4) is 17.2 Å². The Morgan fingerprint density at radius 1 is 0.370 bits per heavy atom. The minimum absolute atomic E-state index is 0.0205. The fraction of sp³-hybridized carbons (Fsp3) is 0.322. The number of ether oxygens (including phenoxy) is 2. The van der Waals surface area contributed by atoms with Gasteiger partial charge in [0.2, 0.25) is 29.5 Å². The lowest BCUT2D eigenvalue weighted by molar-refractivity contribution is -0.144. The topological polar surface area (TPSA) is 345 Å². The number of aromatic hydroxyl groups is 1. The second-order valence-corrected chi connectivity index (χ2v) is 27.4. The molecule has 21 heteroatoms. The molecule has 0 heterocycles. The molecule has 0 aromatic heterocycles. The number of benzene rings is 9. The van der Waals surface area contributed by atoms with Gasteiger partial charge in [-0.15, -0.1) is 0 Å². The normalized spacial score (nSPS) is 13.6. The Labute approximate surface area is 630 Å². The molecule has 0 fully saturated rings. The van der Waals surface area contributed by atoms with Crippen LogP contribution < -0.4 is 47.5 Å². The molecule has 9 rings (SSSR count). The highest BCUT2D eigenvalue weighted by Gasteiger charge is 2.33. The van der Waals surface area contributed by atoms with Crippen LogP contribution in [-0.2, 0) is 75.3 Å². The van der Waals surface area contributed by atoms with E-state index in [1.165, 1.54) is 12.1 Å². The van der Waals surface area contributed by atoms with E-state index in [4.69, 9.17) is 20.9 Å². The van der Waals surface area contributed by atoms with Crippen LogP contribution in [0.2, 0.25) is 0 Å². The number of ketones is 2. The average Bonchev–Trinajstić information content (AvgIpc) is 0.823. The first-order valence-electron chi connectivity index (χ1n) is 36.6. The Hall–Kier alpha value is -11.6. The molecule has 0 radical (unpaired) electrons. The number of amides is 5. The quantitative estimate of drug-likeness (QED) is 0.0160. The van der Waals surface area contributed by atoms with Gasteiger partial charge >= 0.3 is 11.9 Å². The van der Waals surface area contributed by atoms with Gasteiger partial charge in [0.25, 0.3) is 0 Å². The van der Waals surface area contributed by atoms with Gasteiger partial charge < -0.3 is 62.8 Å². The van der Waals surface area contributed by atoms with Crippen molar-refractivity contribution >= 4 is 74.6 Å². The van der Waals surface area contributed by atoms with Gasteiger partial charge in [-0.3, -0.25) is 38.4 Å². The highest BCUT2D eigenvalue weighted by atomic mass is 16.5. The Kier molecular flexibility index (Phi) is 31.9. The van der Waals surface area contributed by atoms with Crippen molar-refractivity contribution in [3.05, 3.63) is 257 Å². The number of nitrogens with two attached hydrogens (primary N) is 2. The molecule has 0 aliphatic carbocycles. The van der Waals surface area contributed by atoms with Gasteiger partial charge in [0, 0.05) is 38.3 Å². The highest BCUT2D eigenvalue weighted by Crippen LogP contribution is 2.28. The standard InChI is InChI=1S/C48H54N4O8.C39H45N3O6/c1-31(35-18-19-37-29-40(60-2)23-20-36(37)28-35)45(55)50-24-10-9-15-38(46(56)52-43(48(58)59)27-34-16-21-39(53)22-17-34)30-44(54)42(26-33-13-7-4-8-14-33)51-47(57)41(49)25-32-11-5-3-6-12-32;1-26(29-16-17-31-24-33(48-2)19-18-30(31)23-29)37(44)41-20-10-9-15-32(39(46)47)25-36(43)35(22-28-13-7-4-8-14-28)42-38(45)34(40)21-27-11-5-3-6-12-27/h3-8,11-14,16-23,28-29,31,38,41-43,53H,9-10,15,24-27,30,49H2,1-2H3,(H,50,55)(H,51,57)(H,52,56)(H,58,59);3-8,11-14,16-19,23-24,26,32,34-35H,9-10,15,20-22,25,40H2,1-2H3,(H,41,44)(H,42,45)(H,46,47)/t31-,38-,41+,42+,43+;26-,32-,34+,35+/m00/s1. The summed E-state index contributed by atoms with van der Waals surface area (Å²) in [6.45, 7) is 4.40. The lowest BCUT2D eigenvalue weighted by Crippen LogP contribution is -2.51. The summed E-state index contributed by atoms with van der Waals surface area (Å²) < 4.78 is 10.6. The first-order valence-corrected chi connectivity index (χ1v) is 36.6. The number of phenols is 1. The molecular formula is C87H99N7O14. The van der Waals surface area contributed by atoms with Gasteiger partial charge in [-0.1, -0.05) is 195 Å². The summed E-state index contributed by atoms with van der Waals surface area (Å²) in [5, 5.41) is 47.9. The van der Waals surface area contributed by atoms with Gasteiger partial charge in [0.1, 0.15) is 23.3 Å². The number of unbranched alkanes of at least 4 members (excludes halogenated alkanes) is 2. The number of fused-ring (bicyclic) bond motifs is 2. The van der Waals surface area contributed by atoms with Crippen molar-refractivity contribution in [1.82, 2.24) is 26.6 Å². The smallest absolute Gasteiger partial charge is 0.326 e. The number of carbonyl (C=O) groups is 9. The molecular weight excluding hydrogens is 1370 g/mol. The van der Waals surface area contributed by atoms with Crippen LogP contribution in [0.25, 0.3) is 21.5 Å². The number of hydrogen-bond acceptors (Lipinski definition) is 14. The number of carbonyl (C=O) groups excluding carboxylic acids is 7. The molecule has 5 amide bonds. The van der Waals surface area contributed by atoms with E-state index < -0.39 is 83.4 Å². The first kappa shape index (κ1) is 82.1. The zero-order valence-electron chi connectivity index (χ0n) is 61.6. The summed E-state index contributed by atoms with van der Waals surface area (Å²) in [5.41, 5.74) is 18.2. The van der Waals surface area contributed by atoms with Crippen LogP contribution in [0.15, 0.2) is 218 Å². The molecule has 108 heavy (non-hydrogen) atoms. The van der Waals surface area contributed by atoms with E-state index in [0.717, 1.165) is 66.4 Å². The molecule has 0 spiro atoms. The number of phenolic OH excluding ortho intramolecular Hbond substituents is 1. The zero-order valence-corrected chi connectivity index (χ0v) is 61.6. The summed E-state index contributed by atoms with van der Waals surface area (Å²) >= 11 is 0. The summed E-state index contributed by atoms with van der Waals surface area (Å²) in [5.74, 6) is -6.06. The largest absolute Gasteiger partial charge is 0.508 e. The van der Waals surface area contributed by atoms with Gasteiger partial charge in [0.15, 0.2) is 11.6 Å². The van der Waals surface area contributed by atoms with E-state index in [2.05, 4.69) is 26.6 Å². The van der Waals surface area contributed by atoms with Crippen molar-refractivity contribution in [2.75, 3.05) is 27.3 Å². The van der Waals surface area contributed by atoms with E-state index in [9.17, 15) is 58.5 Å². The minimum atomic E-state index is -1.31. The fourth-order valence-electron chi connectivity index (χ4n) is 12.8. The summed E-state index contributed by atoms with van der Waals surface area (Å²) in [4.78, 5) is 119. The van der Waals surface area contributed by atoms with Crippen LogP contribution in [0.4, 0.5) is 0 Å². The molecule has 0 saturated carbocycles. The Morgan fingerprint density at radius 2 is 0.713 bits per heavy atom. The van der Waals surface area contributed by atoms with Crippen molar-refractivity contribution in [3.63, 3.8) is 0 Å². The molecule has 0 saturated heterocycles. The van der Waals surface area contributed by atoms with E-state index >= 15 is 0 Å². The monoisotopic (exact) mass is 1470 g/mol. The zero-order chi connectivity index (χ0) is 77.5. The fourth-order valence-corrected chi connectivity index (χ4v) is 12.8. The summed E-state index contributed by atoms with van der Waals surface area (Å²) in [6.07, 6.45) is 2.87. The molecule has 9 atom stereocenters. The molecule has 9 aromatic rings. The number of hydrogen-bond donors (Lipinski definition) is 10. The van der Waals surface area contributed by atoms with Crippen LogP contribution in [0, 0.1) is 11.8 Å². The van der Waals surface area contributed by atoms with Crippen LogP contribution >= 0.6 is 0 Å². The first-order chi connectivity index (χ1) is 52.0.